The number of hydrogen-bond acceptors (Lipinski definition) is 6. The van der Waals surface area contributed by atoms with E-state index in [9.17, 15) is 22.8 Å². The van der Waals surface area contributed by atoms with Gasteiger partial charge in [0.1, 0.15) is 0 Å². The summed E-state index contributed by atoms with van der Waals surface area (Å²) in [7, 11) is -0.903. The molecule has 10 nitrogen and oxygen atoms in total. The minimum Gasteiger partial charge on any atom is -0.408 e. The highest BCUT2D eigenvalue weighted by atomic mass is 32.2. The van der Waals surface area contributed by atoms with Gasteiger partial charge in [0.05, 0.1) is 10.4 Å². The maximum Gasteiger partial charge on any atom is 0.419 e. The first-order valence-electron chi connectivity index (χ1n) is 9.40. The molecule has 2 aromatic carbocycles. The van der Waals surface area contributed by atoms with Gasteiger partial charge >= 0.3 is 5.76 Å². The minimum atomic E-state index is -3.69. The normalized spacial score (nSPS) is 11.6. The number of para-hydroxylation sites is 2. The van der Waals surface area contributed by atoms with E-state index in [1.54, 1.807) is 24.3 Å². The van der Waals surface area contributed by atoms with Crippen LogP contribution in [-0.4, -0.2) is 43.2 Å². The number of hydrazine groups is 1. The molecule has 0 atom stereocenters. The number of fused-ring (bicyclic) bond motifs is 1. The predicted molar refractivity (Wildman–Crippen MR) is 113 cm³/mol. The second kappa shape index (κ2) is 9.14. The first kappa shape index (κ1) is 22.2. The zero-order valence-corrected chi connectivity index (χ0v) is 17.8. The lowest BCUT2D eigenvalue weighted by atomic mass is 10.2. The van der Waals surface area contributed by atoms with Crippen molar-refractivity contribution < 1.29 is 22.4 Å². The van der Waals surface area contributed by atoms with Crippen LogP contribution in [0, 0.1) is 0 Å². The molecule has 3 rings (SSSR count). The largest absolute Gasteiger partial charge is 0.419 e. The van der Waals surface area contributed by atoms with Crippen LogP contribution in [0.1, 0.15) is 23.2 Å². The van der Waals surface area contributed by atoms with Crippen molar-refractivity contribution in [2.45, 2.75) is 24.3 Å². The van der Waals surface area contributed by atoms with Crippen molar-refractivity contribution in [1.29, 1.82) is 0 Å². The Hall–Kier alpha value is -3.44. The maximum absolute atomic E-state index is 12.3. The smallest absolute Gasteiger partial charge is 0.408 e. The van der Waals surface area contributed by atoms with Gasteiger partial charge in [0.15, 0.2) is 5.58 Å². The van der Waals surface area contributed by atoms with Gasteiger partial charge in [-0.3, -0.25) is 25.0 Å². The third-order valence-electron chi connectivity index (χ3n) is 4.55. The zero-order valence-electron chi connectivity index (χ0n) is 17.0. The number of oxazole rings is 1. The number of aromatic nitrogens is 1. The summed E-state index contributed by atoms with van der Waals surface area (Å²) >= 11 is 0. The van der Waals surface area contributed by atoms with Crippen molar-refractivity contribution in [1.82, 2.24) is 19.7 Å². The highest BCUT2D eigenvalue weighted by Gasteiger charge is 2.19. The van der Waals surface area contributed by atoms with Crippen molar-refractivity contribution in [2.24, 2.45) is 0 Å². The Morgan fingerprint density at radius 1 is 1.06 bits per heavy atom. The molecule has 0 saturated heterocycles. The van der Waals surface area contributed by atoms with E-state index in [0.717, 1.165) is 4.31 Å². The number of amides is 2. The Balaban J connectivity index is 1.53. The van der Waals surface area contributed by atoms with E-state index >= 15 is 0 Å². The first-order chi connectivity index (χ1) is 14.7. The van der Waals surface area contributed by atoms with E-state index in [1.807, 2.05) is 0 Å². The fraction of sp³-hybridized carbons (Fsp3) is 0.250. The number of sulfonamides is 1. The number of rotatable bonds is 7. The Labute approximate surface area is 178 Å². The molecule has 11 heteroatoms. The molecule has 0 aliphatic rings. The summed E-state index contributed by atoms with van der Waals surface area (Å²) in [6.45, 7) is 0.279. The summed E-state index contributed by atoms with van der Waals surface area (Å²) in [4.78, 5) is 36.2. The molecule has 0 aliphatic heterocycles. The number of nitrogens with zero attached hydrogens (tertiary/aromatic N) is 2. The third-order valence-corrected chi connectivity index (χ3v) is 6.36. The van der Waals surface area contributed by atoms with E-state index < -0.39 is 27.6 Å². The molecule has 0 unspecified atom stereocenters. The van der Waals surface area contributed by atoms with Gasteiger partial charge in [-0.1, -0.05) is 18.2 Å². The van der Waals surface area contributed by atoms with Crippen LogP contribution in [-0.2, 0) is 21.4 Å². The van der Waals surface area contributed by atoms with Crippen LogP contribution in [0.25, 0.3) is 11.1 Å². The fourth-order valence-corrected chi connectivity index (χ4v) is 3.84. The van der Waals surface area contributed by atoms with Crippen molar-refractivity contribution >= 4 is 32.9 Å². The molecule has 1 aromatic heterocycles. The molecular formula is C20H22N4O6S. The van der Waals surface area contributed by atoms with Crippen LogP contribution in [0.4, 0.5) is 0 Å². The van der Waals surface area contributed by atoms with Gasteiger partial charge in [-0.2, -0.15) is 0 Å². The second-order valence-electron chi connectivity index (χ2n) is 6.91. The van der Waals surface area contributed by atoms with Crippen LogP contribution in [0.3, 0.4) is 0 Å². The predicted octanol–water partition coefficient (Wildman–Crippen LogP) is 1.09. The van der Waals surface area contributed by atoms with E-state index in [1.165, 1.54) is 42.9 Å². The summed E-state index contributed by atoms with van der Waals surface area (Å²) in [5.74, 6) is -1.60. The lowest BCUT2D eigenvalue weighted by molar-refractivity contribution is -0.122. The topological polar surface area (TPSA) is 131 Å². The SMILES string of the molecule is CN(C)S(=O)(=O)c1cccc(C(=O)NNC(=O)CCCn2c(=O)oc3ccccc32)c1. The monoisotopic (exact) mass is 446 g/mol. The molecule has 2 N–H and O–H groups in total. The van der Waals surface area contributed by atoms with Gasteiger partial charge in [-0.25, -0.2) is 17.5 Å². The van der Waals surface area contributed by atoms with Crippen molar-refractivity contribution in [3.05, 3.63) is 64.6 Å². The first-order valence-corrected chi connectivity index (χ1v) is 10.8. The van der Waals surface area contributed by atoms with Crippen molar-refractivity contribution in [2.75, 3.05) is 14.1 Å². The van der Waals surface area contributed by atoms with E-state index in [2.05, 4.69) is 10.9 Å². The van der Waals surface area contributed by atoms with Crippen LogP contribution in [0.5, 0.6) is 0 Å². The summed E-state index contributed by atoms with van der Waals surface area (Å²) < 4.78 is 32.0. The number of carbonyl (C=O) groups excluding carboxylic acids is 2. The molecule has 0 radical (unpaired) electrons. The minimum absolute atomic E-state index is 0.0331. The molecule has 0 spiro atoms. The second-order valence-corrected chi connectivity index (χ2v) is 9.06. The molecule has 0 bridgehead atoms. The average molecular weight is 446 g/mol. The quantitative estimate of drug-likeness (QED) is 0.523. The van der Waals surface area contributed by atoms with Gasteiger partial charge in [0.2, 0.25) is 15.9 Å². The molecular weight excluding hydrogens is 424 g/mol. The van der Waals surface area contributed by atoms with Crippen LogP contribution in [0.2, 0.25) is 0 Å². The molecule has 164 valence electrons. The van der Waals surface area contributed by atoms with Gasteiger partial charge in [0.25, 0.3) is 5.91 Å². The number of hydrogen-bond donors (Lipinski definition) is 2. The highest BCUT2D eigenvalue weighted by Crippen LogP contribution is 2.15. The van der Waals surface area contributed by atoms with Crippen LogP contribution in [0.15, 0.2) is 62.6 Å². The summed E-state index contributed by atoms with van der Waals surface area (Å²) in [5, 5.41) is 0. The van der Waals surface area contributed by atoms with E-state index in [4.69, 9.17) is 4.42 Å². The third kappa shape index (κ3) is 5.01. The highest BCUT2D eigenvalue weighted by molar-refractivity contribution is 7.89. The molecule has 3 aromatic rings. The Kier molecular flexibility index (Phi) is 6.56. The van der Waals surface area contributed by atoms with Crippen LogP contribution < -0.4 is 16.6 Å². The molecule has 0 saturated carbocycles. The Morgan fingerprint density at radius 2 is 1.81 bits per heavy atom. The van der Waals surface area contributed by atoms with E-state index in [0.29, 0.717) is 17.5 Å². The molecule has 1 heterocycles. The van der Waals surface area contributed by atoms with Crippen molar-refractivity contribution in [3.8, 4) is 0 Å². The van der Waals surface area contributed by atoms with Gasteiger partial charge in [0, 0.05) is 32.6 Å². The number of benzene rings is 2. The van der Waals surface area contributed by atoms with E-state index in [-0.39, 0.29) is 23.4 Å². The van der Waals surface area contributed by atoms with Gasteiger partial charge in [-0.05, 0) is 36.8 Å². The van der Waals surface area contributed by atoms with Crippen LogP contribution >= 0.6 is 0 Å². The standard InChI is InChI=1S/C20H22N4O6S/c1-23(2)31(28,29)15-8-5-7-14(13-15)19(26)22-21-18(25)11-6-12-24-16-9-3-4-10-17(16)30-20(24)27/h3-5,7-10,13H,6,11-12H2,1-2H3,(H,21,25)(H,22,26). The number of aryl methyl sites for hydroxylation is 1. The fourth-order valence-electron chi connectivity index (χ4n) is 2.89. The van der Waals surface area contributed by atoms with Crippen molar-refractivity contribution in [3.63, 3.8) is 0 Å². The maximum atomic E-state index is 12.3. The van der Waals surface area contributed by atoms with Gasteiger partial charge in [-0.15, -0.1) is 0 Å². The summed E-state index contributed by atoms with van der Waals surface area (Å²) in [6.07, 6.45) is 0.406. The zero-order chi connectivity index (χ0) is 22.6. The van der Waals surface area contributed by atoms with Gasteiger partial charge < -0.3 is 4.42 Å². The summed E-state index contributed by atoms with van der Waals surface area (Å²) in [5.41, 5.74) is 5.75. The summed E-state index contributed by atoms with van der Waals surface area (Å²) in [6, 6.07) is 12.5. The molecule has 31 heavy (non-hydrogen) atoms. The number of carbonyl (C=O) groups is 2. The lowest BCUT2D eigenvalue weighted by Gasteiger charge is -2.12. The lowest BCUT2D eigenvalue weighted by Crippen LogP contribution is -2.41. The molecule has 2 amide bonds. The number of nitrogens with one attached hydrogen (secondary N) is 2. The molecule has 0 aliphatic carbocycles. The Bertz CT molecular complexity index is 1280. The average Bonchev–Trinajstić information content (AvgIpc) is 3.07. The Morgan fingerprint density at radius 3 is 2.55 bits per heavy atom. The molecule has 0 fully saturated rings.